The van der Waals surface area contributed by atoms with Crippen molar-refractivity contribution in [2.45, 2.75) is 70.1 Å². The Morgan fingerprint density at radius 3 is 2.64 bits per heavy atom. The highest BCUT2D eigenvalue weighted by molar-refractivity contribution is 5.61. The van der Waals surface area contributed by atoms with Gasteiger partial charge in [0.1, 0.15) is 11.6 Å². The third kappa shape index (κ3) is 5.21. The first-order chi connectivity index (χ1) is 19.1. The molecule has 0 radical (unpaired) electrons. The van der Waals surface area contributed by atoms with Crippen molar-refractivity contribution in [1.82, 2.24) is 30.2 Å². The molecular weight excluding hydrogens is 490 g/mol. The second-order valence-corrected chi connectivity index (χ2v) is 11.4. The van der Waals surface area contributed by atoms with Crippen LogP contribution in [0.4, 0.5) is 23.4 Å². The standard InChI is InChI=1S/C29H35N9O/c1-18(2)24-11-23(39-36-24)14-30-29-32-26(31-27-12-25(34-35-27)20-8-9-20)13-28(33-29)38-17-21-10-22(38)16-37(21)15-19-6-4-3-5-7-19/h3-7,11-13,18,20-22H,8-10,14-17H2,1-2H3,(H3,30,31,32,33,34,35)/t21-,22-/m0/s1. The Balaban J connectivity index is 1.10. The van der Waals surface area contributed by atoms with Gasteiger partial charge in [-0.25, -0.2) is 0 Å². The van der Waals surface area contributed by atoms with E-state index in [0.717, 1.165) is 55.0 Å². The molecule has 5 heterocycles. The van der Waals surface area contributed by atoms with Crippen molar-refractivity contribution in [1.29, 1.82) is 0 Å². The molecule has 2 aliphatic heterocycles. The summed E-state index contributed by atoms with van der Waals surface area (Å²) in [6.07, 6.45) is 3.61. The molecule has 0 amide bonds. The number of likely N-dealkylation sites (tertiary alicyclic amines) is 1. The van der Waals surface area contributed by atoms with Gasteiger partial charge in [-0.05, 0) is 30.7 Å². The highest BCUT2D eigenvalue weighted by atomic mass is 16.5. The molecule has 10 heteroatoms. The molecule has 3 aliphatic rings. The molecule has 2 atom stereocenters. The zero-order chi connectivity index (χ0) is 26.3. The molecule has 202 valence electrons. The zero-order valence-electron chi connectivity index (χ0n) is 22.5. The van der Waals surface area contributed by atoms with Gasteiger partial charge in [-0.2, -0.15) is 15.1 Å². The lowest BCUT2D eigenvalue weighted by Gasteiger charge is -2.35. The van der Waals surface area contributed by atoms with E-state index in [-0.39, 0.29) is 0 Å². The number of hydrogen-bond donors (Lipinski definition) is 3. The fraction of sp³-hybridized carbons (Fsp3) is 0.448. The Labute approximate surface area is 228 Å². The summed E-state index contributed by atoms with van der Waals surface area (Å²) >= 11 is 0. The van der Waals surface area contributed by atoms with Gasteiger partial charge in [0.2, 0.25) is 5.95 Å². The molecule has 4 aromatic rings. The summed E-state index contributed by atoms with van der Waals surface area (Å²) in [6.45, 7) is 7.67. The molecule has 2 bridgehead atoms. The first kappa shape index (κ1) is 24.1. The van der Waals surface area contributed by atoms with E-state index in [2.05, 4.69) is 86.0 Å². The zero-order valence-corrected chi connectivity index (χ0v) is 22.5. The summed E-state index contributed by atoms with van der Waals surface area (Å²) in [5.74, 6) is 4.68. The van der Waals surface area contributed by atoms with Gasteiger partial charge in [0.25, 0.3) is 0 Å². The monoisotopic (exact) mass is 525 g/mol. The quantitative estimate of drug-likeness (QED) is 0.263. The predicted molar refractivity (Wildman–Crippen MR) is 150 cm³/mol. The van der Waals surface area contributed by atoms with Gasteiger partial charge in [0.05, 0.1) is 12.2 Å². The van der Waals surface area contributed by atoms with Crippen molar-refractivity contribution >= 4 is 23.4 Å². The van der Waals surface area contributed by atoms with E-state index < -0.39 is 0 Å². The fourth-order valence-corrected chi connectivity index (χ4v) is 5.75. The maximum absolute atomic E-state index is 5.52. The largest absolute Gasteiger partial charge is 0.359 e. The molecule has 0 spiro atoms. The SMILES string of the molecule is CC(C)c1cc(CNc2nc(Nc3cc(C4CC4)[nH]n3)cc(N3C[C@@H]4C[C@H]3CN4Cc3ccccc3)n2)on1. The maximum atomic E-state index is 5.52. The minimum absolute atomic E-state index is 0.319. The summed E-state index contributed by atoms with van der Waals surface area (Å²) in [5, 5.41) is 18.6. The molecule has 39 heavy (non-hydrogen) atoms. The second kappa shape index (κ2) is 10.00. The Bertz CT molecular complexity index is 1430. The molecule has 0 unspecified atom stereocenters. The van der Waals surface area contributed by atoms with Crippen LogP contribution in [0.25, 0.3) is 0 Å². The number of nitrogens with one attached hydrogen (secondary N) is 3. The number of aromatic nitrogens is 5. The third-order valence-corrected chi connectivity index (χ3v) is 8.05. The van der Waals surface area contributed by atoms with Crippen LogP contribution in [0, 0.1) is 0 Å². The van der Waals surface area contributed by atoms with E-state index >= 15 is 0 Å². The van der Waals surface area contributed by atoms with Gasteiger partial charge in [-0.3, -0.25) is 10.00 Å². The first-order valence-corrected chi connectivity index (χ1v) is 14.0. The van der Waals surface area contributed by atoms with Crippen molar-refractivity contribution in [2.24, 2.45) is 0 Å². The predicted octanol–water partition coefficient (Wildman–Crippen LogP) is 5.01. The highest BCUT2D eigenvalue weighted by Crippen LogP contribution is 2.40. The van der Waals surface area contributed by atoms with E-state index in [1.165, 1.54) is 24.1 Å². The Morgan fingerprint density at radius 1 is 1.03 bits per heavy atom. The second-order valence-electron chi connectivity index (χ2n) is 11.4. The number of anilines is 4. The molecule has 3 aromatic heterocycles. The molecule has 2 saturated heterocycles. The van der Waals surface area contributed by atoms with Crippen LogP contribution in [0.1, 0.15) is 67.7 Å². The topological polar surface area (TPSA) is 111 Å². The van der Waals surface area contributed by atoms with Crippen LogP contribution < -0.4 is 15.5 Å². The van der Waals surface area contributed by atoms with Gasteiger partial charge < -0.3 is 20.1 Å². The van der Waals surface area contributed by atoms with E-state index in [0.29, 0.717) is 36.4 Å². The first-order valence-electron chi connectivity index (χ1n) is 14.0. The fourth-order valence-electron chi connectivity index (χ4n) is 5.75. The summed E-state index contributed by atoms with van der Waals surface area (Å²) in [4.78, 5) is 14.8. The third-order valence-electron chi connectivity index (χ3n) is 8.05. The molecule has 7 rings (SSSR count). The van der Waals surface area contributed by atoms with Crippen LogP contribution >= 0.6 is 0 Å². The summed E-state index contributed by atoms with van der Waals surface area (Å²) in [6, 6.07) is 17.8. The number of H-pyrrole nitrogens is 1. The summed E-state index contributed by atoms with van der Waals surface area (Å²) in [5.41, 5.74) is 3.50. The molecule has 1 aromatic carbocycles. The van der Waals surface area contributed by atoms with Crippen molar-refractivity contribution in [3.63, 3.8) is 0 Å². The van der Waals surface area contributed by atoms with Crippen molar-refractivity contribution in [3.05, 3.63) is 71.2 Å². The van der Waals surface area contributed by atoms with E-state index in [1.54, 1.807) is 0 Å². The lowest BCUT2D eigenvalue weighted by molar-refractivity contribution is 0.230. The lowest BCUT2D eigenvalue weighted by Crippen LogP contribution is -2.46. The van der Waals surface area contributed by atoms with Gasteiger partial charge in [0.15, 0.2) is 11.6 Å². The Hall–Kier alpha value is -3.92. The highest BCUT2D eigenvalue weighted by Gasteiger charge is 2.43. The van der Waals surface area contributed by atoms with Crippen LogP contribution in [-0.4, -0.2) is 55.4 Å². The Kier molecular flexibility index (Phi) is 6.19. The summed E-state index contributed by atoms with van der Waals surface area (Å²) in [7, 11) is 0. The van der Waals surface area contributed by atoms with E-state index in [9.17, 15) is 0 Å². The Morgan fingerprint density at radius 2 is 1.90 bits per heavy atom. The average Bonchev–Trinajstić information content (AvgIpc) is 3.30. The molecule has 3 N–H and O–H groups in total. The van der Waals surface area contributed by atoms with Crippen molar-refractivity contribution in [2.75, 3.05) is 28.6 Å². The van der Waals surface area contributed by atoms with E-state index in [1.807, 2.05) is 12.1 Å². The summed E-state index contributed by atoms with van der Waals surface area (Å²) < 4.78 is 5.52. The van der Waals surface area contributed by atoms with Crippen LogP contribution in [-0.2, 0) is 13.1 Å². The maximum Gasteiger partial charge on any atom is 0.227 e. The van der Waals surface area contributed by atoms with Crippen LogP contribution in [0.15, 0.2) is 53.1 Å². The molecule has 10 nitrogen and oxygen atoms in total. The number of benzene rings is 1. The normalized spacial score (nSPS) is 20.7. The van der Waals surface area contributed by atoms with Crippen LogP contribution in [0.2, 0.25) is 0 Å². The van der Waals surface area contributed by atoms with Crippen LogP contribution in [0.3, 0.4) is 0 Å². The molecule has 1 saturated carbocycles. The number of hydrogen-bond acceptors (Lipinski definition) is 9. The van der Waals surface area contributed by atoms with Gasteiger partial charge in [-0.1, -0.05) is 49.3 Å². The smallest absolute Gasteiger partial charge is 0.227 e. The lowest BCUT2D eigenvalue weighted by atomic mass is 10.1. The minimum Gasteiger partial charge on any atom is -0.359 e. The molecular formula is C29H35N9O. The number of piperazine rings is 1. The number of fused-ring (bicyclic) bond motifs is 2. The van der Waals surface area contributed by atoms with Crippen molar-refractivity contribution < 1.29 is 4.52 Å². The van der Waals surface area contributed by atoms with E-state index in [4.69, 9.17) is 14.5 Å². The number of aromatic amines is 1. The van der Waals surface area contributed by atoms with Crippen LogP contribution in [0.5, 0.6) is 0 Å². The molecule has 1 aliphatic carbocycles. The average molecular weight is 526 g/mol. The number of rotatable bonds is 10. The van der Waals surface area contributed by atoms with Gasteiger partial charge in [0, 0.05) is 61.5 Å². The number of nitrogens with zero attached hydrogens (tertiary/aromatic N) is 6. The molecule has 3 fully saturated rings. The van der Waals surface area contributed by atoms with Gasteiger partial charge in [-0.15, -0.1) is 0 Å². The van der Waals surface area contributed by atoms with Gasteiger partial charge >= 0.3 is 0 Å². The van der Waals surface area contributed by atoms with Crippen molar-refractivity contribution in [3.8, 4) is 0 Å². The minimum atomic E-state index is 0.319.